The second-order valence-electron chi connectivity index (χ2n) is 3.21. The van der Waals surface area contributed by atoms with Crippen molar-refractivity contribution in [2.24, 2.45) is 0 Å². The highest BCUT2D eigenvalue weighted by Gasteiger charge is 2.02. The van der Waals surface area contributed by atoms with Gasteiger partial charge in [-0.1, -0.05) is 6.08 Å². The minimum absolute atomic E-state index is 0.927. The van der Waals surface area contributed by atoms with Crippen molar-refractivity contribution in [1.29, 1.82) is 0 Å². The van der Waals surface area contributed by atoms with Gasteiger partial charge in [0, 0.05) is 6.54 Å². The Morgan fingerprint density at radius 2 is 2.40 bits per heavy atom. The highest BCUT2D eigenvalue weighted by Crippen LogP contribution is 2.24. The zero-order valence-corrected chi connectivity index (χ0v) is 9.26. The van der Waals surface area contributed by atoms with E-state index in [-0.39, 0.29) is 0 Å². The number of unbranched alkanes of at least 4 members (excludes halogenated alkanes) is 1. The van der Waals surface area contributed by atoms with Gasteiger partial charge in [0.1, 0.15) is 12.1 Å². The Bertz CT molecular complexity index is 450. The van der Waals surface area contributed by atoms with E-state index >= 15 is 0 Å². The quantitative estimate of drug-likeness (QED) is 0.620. The summed E-state index contributed by atoms with van der Waals surface area (Å²) in [5.41, 5.74) is 1.02. The third-order valence-electron chi connectivity index (χ3n) is 2.12. The number of thiophene rings is 1. The normalized spacial score (nSPS) is 10.4. The number of hydrogen-bond donors (Lipinski definition) is 1. The Balaban J connectivity index is 2.07. The topological polar surface area (TPSA) is 37.8 Å². The van der Waals surface area contributed by atoms with Gasteiger partial charge in [-0.2, -0.15) is 0 Å². The van der Waals surface area contributed by atoms with Gasteiger partial charge in [-0.3, -0.25) is 0 Å². The van der Waals surface area contributed by atoms with E-state index in [0.29, 0.717) is 0 Å². The van der Waals surface area contributed by atoms with Gasteiger partial charge < -0.3 is 5.32 Å². The molecule has 15 heavy (non-hydrogen) atoms. The van der Waals surface area contributed by atoms with Crippen LogP contribution in [0.1, 0.15) is 12.8 Å². The van der Waals surface area contributed by atoms with Gasteiger partial charge in [-0.05, 0) is 24.3 Å². The molecule has 0 radical (unpaired) electrons. The first kappa shape index (κ1) is 10.1. The van der Waals surface area contributed by atoms with Crippen LogP contribution in [0, 0.1) is 0 Å². The largest absolute Gasteiger partial charge is 0.369 e. The Morgan fingerprint density at radius 1 is 1.47 bits per heavy atom. The maximum atomic E-state index is 4.24. The molecule has 0 aliphatic heterocycles. The SMILES string of the molecule is C=CCCCNc1ncnc2ccsc12. The summed E-state index contributed by atoms with van der Waals surface area (Å²) in [6, 6.07) is 2.01. The summed E-state index contributed by atoms with van der Waals surface area (Å²) in [7, 11) is 0. The van der Waals surface area contributed by atoms with E-state index in [1.54, 1.807) is 17.7 Å². The molecule has 3 nitrogen and oxygen atoms in total. The smallest absolute Gasteiger partial charge is 0.147 e. The Hall–Kier alpha value is -1.42. The molecule has 2 aromatic heterocycles. The third kappa shape index (κ3) is 2.33. The summed E-state index contributed by atoms with van der Waals surface area (Å²) >= 11 is 1.67. The molecule has 0 spiro atoms. The number of anilines is 1. The number of aromatic nitrogens is 2. The maximum Gasteiger partial charge on any atom is 0.147 e. The number of nitrogens with one attached hydrogen (secondary N) is 1. The summed E-state index contributed by atoms with van der Waals surface area (Å²) in [5, 5.41) is 5.36. The van der Waals surface area contributed by atoms with E-state index < -0.39 is 0 Å². The van der Waals surface area contributed by atoms with Crippen LogP contribution in [-0.2, 0) is 0 Å². The molecule has 2 rings (SSSR count). The summed E-state index contributed by atoms with van der Waals surface area (Å²) in [6.45, 7) is 4.62. The fraction of sp³-hybridized carbons (Fsp3) is 0.273. The first-order chi connectivity index (χ1) is 7.42. The third-order valence-corrected chi connectivity index (χ3v) is 3.03. The van der Waals surface area contributed by atoms with Gasteiger partial charge in [-0.25, -0.2) is 9.97 Å². The Labute approximate surface area is 92.9 Å². The first-order valence-electron chi connectivity index (χ1n) is 4.95. The molecular formula is C11H13N3S. The zero-order valence-electron chi connectivity index (χ0n) is 8.44. The van der Waals surface area contributed by atoms with Gasteiger partial charge in [0.2, 0.25) is 0 Å². The second kappa shape index (κ2) is 4.89. The molecule has 0 aliphatic carbocycles. The lowest BCUT2D eigenvalue weighted by atomic mass is 10.3. The van der Waals surface area contributed by atoms with E-state index in [1.165, 1.54) is 0 Å². The van der Waals surface area contributed by atoms with Crippen LogP contribution >= 0.6 is 11.3 Å². The lowest BCUT2D eigenvalue weighted by Crippen LogP contribution is -2.03. The summed E-state index contributed by atoms with van der Waals surface area (Å²) in [4.78, 5) is 8.43. The fourth-order valence-electron chi connectivity index (χ4n) is 1.37. The Morgan fingerprint density at radius 3 is 3.27 bits per heavy atom. The van der Waals surface area contributed by atoms with Gasteiger partial charge in [0.25, 0.3) is 0 Å². The number of nitrogens with zero attached hydrogens (tertiary/aromatic N) is 2. The second-order valence-corrected chi connectivity index (χ2v) is 4.13. The molecule has 4 heteroatoms. The van der Waals surface area contributed by atoms with Crippen LogP contribution in [0.5, 0.6) is 0 Å². The molecule has 0 saturated carbocycles. The standard InChI is InChI=1S/C11H13N3S/c1-2-3-4-6-12-11-10-9(5-7-15-10)13-8-14-11/h2,5,7-8H,1,3-4,6H2,(H,12,13,14). The highest BCUT2D eigenvalue weighted by molar-refractivity contribution is 7.17. The van der Waals surface area contributed by atoms with Gasteiger partial charge in [0.05, 0.1) is 10.2 Å². The van der Waals surface area contributed by atoms with Crippen LogP contribution in [0.25, 0.3) is 10.2 Å². The molecule has 78 valence electrons. The van der Waals surface area contributed by atoms with Crippen LogP contribution in [0.3, 0.4) is 0 Å². The van der Waals surface area contributed by atoms with E-state index in [4.69, 9.17) is 0 Å². The van der Waals surface area contributed by atoms with E-state index in [9.17, 15) is 0 Å². The first-order valence-corrected chi connectivity index (χ1v) is 5.83. The average molecular weight is 219 g/mol. The molecule has 0 unspecified atom stereocenters. The lowest BCUT2D eigenvalue weighted by Gasteiger charge is -2.04. The van der Waals surface area contributed by atoms with E-state index in [0.717, 1.165) is 35.4 Å². The molecule has 2 heterocycles. The van der Waals surface area contributed by atoms with E-state index in [1.807, 2.05) is 17.5 Å². The average Bonchev–Trinajstić information content (AvgIpc) is 2.73. The van der Waals surface area contributed by atoms with Crippen LogP contribution in [0.2, 0.25) is 0 Å². The van der Waals surface area contributed by atoms with E-state index in [2.05, 4.69) is 21.9 Å². The molecule has 0 atom stereocenters. The van der Waals surface area contributed by atoms with Crippen LogP contribution in [-0.4, -0.2) is 16.5 Å². The molecular weight excluding hydrogens is 206 g/mol. The summed E-state index contributed by atoms with van der Waals surface area (Å²) in [5.74, 6) is 0.944. The monoisotopic (exact) mass is 219 g/mol. The van der Waals surface area contributed by atoms with Crippen LogP contribution < -0.4 is 5.32 Å². The van der Waals surface area contributed by atoms with Crippen molar-refractivity contribution in [3.8, 4) is 0 Å². The molecule has 1 N–H and O–H groups in total. The van der Waals surface area contributed by atoms with Crippen molar-refractivity contribution in [2.75, 3.05) is 11.9 Å². The lowest BCUT2D eigenvalue weighted by molar-refractivity contribution is 0.886. The van der Waals surface area contributed by atoms with Crippen LogP contribution in [0.15, 0.2) is 30.4 Å². The molecule has 0 amide bonds. The number of hydrogen-bond acceptors (Lipinski definition) is 4. The molecule has 0 aromatic carbocycles. The zero-order chi connectivity index (χ0) is 10.5. The number of rotatable bonds is 5. The predicted molar refractivity (Wildman–Crippen MR) is 65.3 cm³/mol. The van der Waals surface area contributed by atoms with Crippen molar-refractivity contribution in [3.63, 3.8) is 0 Å². The predicted octanol–water partition coefficient (Wildman–Crippen LogP) is 3.07. The minimum Gasteiger partial charge on any atom is -0.369 e. The minimum atomic E-state index is 0.927. The van der Waals surface area contributed by atoms with Crippen molar-refractivity contribution in [3.05, 3.63) is 30.4 Å². The van der Waals surface area contributed by atoms with Crippen molar-refractivity contribution in [2.45, 2.75) is 12.8 Å². The van der Waals surface area contributed by atoms with Gasteiger partial charge in [0.15, 0.2) is 0 Å². The van der Waals surface area contributed by atoms with Gasteiger partial charge in [-0.15, -0.1) is 17.9 Å². The highest BCUT2D eigenvalue weighted by atomic mass is 32.1. The van der Waals surface area contributed by atoms with Crippen molar-refractivity contribution >= 4 is 27.4 Å². The molecule has 0 aliphatic rings. The van der Waals surface area contributed by atoms with Crippen molar-refractivity contribution in [1.82, 2.24) is 9.97 Å². The number of fused-ring (bicyclic) bond motifs is 1. The molecule has 0 saturated heterocycles. The van der Waals surface area contributed by atoms with Gasteiger partial charge >= 0.3 is 0 Å². The fourth-order valence-corrected chi connectivity index (χ4v) is 2.18. The van der Waals surface area contributed by atoms with Crippen molar-refractivity contribution < 1.29 is 0 Å². The number of allylic oxidation sites excluding steroid dienone is 1. The molecule has 2 aromatic rings. The summed E-state index contributed by atoms with van der Waals surface area (Å²) in [6.07, 6.45) is 5.65. The molecule has 0 bridgehead atoms. The van der Waals surface area contributed by atoms with Crippen LogP contribution in [0.4, 0.5) is 5.82 Å². The molecule has 0 fully saturated rings. The Kier molecular flexibility index (Phi) is 3.29. The summed E-state index contributed by atoms with van der Waals surface area (Å²) < 4.78 is 1.14. The maximum absolute atomic E-state index is 4.24.